The summed E-state index contributed by atoms with van der Waals surface area (Å²) in [5.74, 6) is 1.22. The third-order valence-corrected chi connectivity index (χ3v) is 7.04. The topological polar surface area (TPSA) is 153 Å². The number of aromatic amines is 1. The number of amides is 1. The van der Waals surface area contributed by atoms with Gasteiger partial charge in [-0.15, -0.1) is 0 Å². The fraction of sp³-hybridized carbons (Fsp3) is 0.176. The fourth-order valence-corrected chi connectivity index (χ4v) is 4.99. The van der Waals surface area contributed by atoms with Crippen LogP contribution in [-0.2, 0) is 6.54 Å². The summed E-state index contributed by atoms with van der Waals surface area (Å²) in [7, 11) is 0. The van der Waals surface area contributed by atoms with Gasteiger partial charge in [0.05, 0.1) is 17.7 Å². The lowest BCUT2D eigenvalue weighted by Crippen LogP contribution is -2.27. The number of fused-ring (bicyclic) bond motifs is 1. The summed E-state index contributed by atoms with van der Waals surface area (Å²) in [6, 6.07) is 29.8. The summed E-state index contributed by atoms with van der Waals surface area (Å²) >= 11 is 0. The average Bonchev–Trinajstić information content (AvgIpc) is 3.03. The second-order valence-electron chi connectivity index (χ2n) is 10.1. The minimum atomic E-state index is -1.11. The van der Waals surface area contributed by atoms with Gasteiger partial charge < -0.3 is 40.4 Å². The van der Waals surface area contributed by atoms with Gasteiger partial charge in [-0.3, -0.25) is 4.79 Å². The highest BCUT2D eigenvalue weighted by atomic mass is 16.5. The Balaban J connectivity index is 1.12. The smallest absolute Gasteiger partial charge is 0.405 e. The number of carboxylic acid groups (broad SMARTS) is 1. The number of phenols is 1. The van der Waals surface area contributed by atoms with Crippen molar-refractivity contribution < 1.29 is 29.6 Å². The average molecular weight is 596 g/mol. The maximum absolute atomic E-state index is 11.7. The van der Waals surface area contributed by atoms with Crippen LogP contribution in [0.2, 0.25) is 0 Å². The molecule has 226 valence electrons. The van der Waals surface area contributed by atoms with E-state index in [1.807, 2.05) is 78.9 Å². The Morgan fingerprint density at radius 2 is 1.52 bits per heavy atom. The van der Waals surface area contributed by atoms with E-state index in [-0.39, 0.29) is 24.5 Å². The number of aromatic nitrogens is 1. The van der Waals surface area contributed by atoms with E-state index >= 15 is 0 Å². The number of H-pyrrole nitrogens is 1. The van der Waals surface area contributed by atoms with E-state index in [9.17, 15) is 24.9 Å². The highest BCUT2D eigenvalue weighted by Crippen LogP contribution is 2.29. The predicted molar refractivity (Wildman–Crippen MR) is 166 cm³/mol. The number of aliphatic hydroxyl groups is 1. The van der Waals surface area contributed by atoms with E-state index in [4.69, 9.17) is 9.47 Å². The van der Waals surface area contributed by atoms with Crippen LogP contribution < -0.4 is 25.7 Å². The van der Waals surface area contributed by atoms with E-state index in [1.165, 1.54) is 12.1 Å². The molecule has 1 unspecified atom stereocenters. The lowest BCUT2D eigenvalue weighted by Gasteiger charge is -2.19. The Hall–Kier alpha value is -5.32. The van der Waals surface area contributed by atoms with Crippen LogP contribution in [0.1, 0.15) is 34.4 Å². The number of hydrogen-bond acceptors (Lipinski definition) is 7. The van der Waals surface area contributed by atoms with Crippen molar-refractivity contribution in [3.05, 3.63) is 136 Å². The Morgan fingerprint density at radius 1 is 0.818 bits per heavy atom. The molecule has 4 aromatic carbocycles. The zero-order chi connectivity index (χ0) is 30.9. The number of hydrogen-bond donors (Lipinski definition) is 6. The molecule has 5 rings (SSSR count). The first kappa shape index (κ1) is 30.1. The monoisotopic (exact) mass is 595 g/mol. The van der Waals surface area contributed by atoms with Crippen molar-refractivity contribution in [1.29, 1.82) is 0 Å². The molecule has 0 aliphatic rings. The van der Waals surface area contributed by atoms with Crippen molar-refractivity contribution in [1.82, 2.24) is 15.6 Å². The normalized spacial score (nSPS) is 12.4. The quantitative estimate of drug-likeness (QED) is 0.105. The number of ether oxygens (including phenoxy) is 2. The molecule has 0 bridgehead atoms. The molecule has 0 aliphatic carbocycles. The maximum atomic E-state index is 11.7. The van der Waals surface area contributed by atoms with Crippen molar-refractivity contribution in [2.24, 2.45) is 0 Å². The molecule has 1 amide bonds. The van der Waals surface area contributed by atoms with Crippen LogP contribution in [-0.4, -0.2) is 46.2 Å². The number of carbonyl (C=O) groups is 1. The first-order valence-electron chi connectivity index (χ1n) is 14.1. The van der Waals surface area contributed by atoms with Crippen LogP contribution in [0.25, 0.3) is 10.9 Å². The highest BCUT2D eigenvalue weighted by molar-refractivity contribution is 5.87. The molecule has 10 heteroatoms. The van der Waals surface area contributed by atoms with Gasteiger partial charge in [0.1, 0.15) is 30.5 Å². The van der Waals surface area contributed by atoms with Gasteiger partial charge in [0, 0.05) is 24.5 Å². The van der Waals surface area contributed by atoms with Gasteiger partial charge >= 0.3 is 6.09 Å². The summed E-state index contributed by atoms with van der Waals surface area (Å²) in [6.07, 6.45) is -1.97. The summed E-state index contributed by atoms with van der Waals surface area (Å²) < 4.78 is 11.8. The second kappa shape index (κ2) is 14.2. The molecule has 0 fully saturated rings. The number of phenolic OH excluding ortho intramolecular Hbond substituents is 1. The molecule has 0 saturated carbocycles. The van der Waals surface area contributed by atoms with Crippen molar-refractivity contribution in [3.63, 3.8) is 0 Å². The van der Waals surface area contributed by atoms with Crippen molar-refractivity contribution >= 4 is 17.0 Å². The van der Waals surface area contributed by atoms with Crippen LogP contribution in [0.5, 0.6) is 17.2 Å². The Bertz CT molecular complexity index is 1770. The Kier molecular flexibility index (Phi) is 9.75. The van der Waals surface area contributed by atoms with Gasteiger partial charge in [-0.2, -0.15) is 0 Å². The third kappa shape index (κ3) is 7.74. The zero-order valence-electron chi connectivity index (χ0n) is 23.8. The lowest BCUT2D eigenvalue weighted by atomic mass is 9.99. The van der Waals surface area contributed by atoms with E-state index in [0.717, 1.165) is 16.7 Å². The zero-order valence-corrected chi connectivity index (χ0v) is 23.8. The largest absolute Gasteiger partial charge is 0.506 e. The maximum Gasteiger partial charge on any atom is 0.405 e. The first-order chi connectivity index (χ1) is 21.4. The van der Waals surface area contributed by atoms with Gasteiger partial charge in [-0.1, -0.05) is 60.7 Å². The van der Waals surface area contributed by atoms with Crippen molar-refractivity contribution in [3.8, 4) is 17.2 Å². The van der Waals surface area contributed by atoms with Gasteiger partial charge in [0.25, 0.3) is 0 Å². The van der Waals surface area contributed by atoms with Crippen LogP contribution in [0, 0.1) is 0 Å². The first-order valence-corrected chi connectivity index (χ1v) is 14.1. The third-order valence-electron chi connectivity index (χ3n) is 7.04. The molecule has 10 nitrogen and oxygen atoms in total. The van der Waals surface area contributed by atoms with Gasteiger partial charge in [0.15, 0.2) is 0 Å². The second-order valence-corrected chi connectivity index (χ2v) is 10.1. The number of rotatable bonds is 13. The van der Waals surface area contributed by atoms with E-state index < -0.39 is 18.2 Å². The molecule has 1 aromatic heterocycles. The van der Waals surface area contributed by atoms with Crippen LogP contribution in [0.15, 0.2) is 108 Å². The van der Waals surface area contributed by atoms with Crippen molar-refractivity contribution in [2.75, 3.05) is 19.8 Å². The fourth-order valence-electron chi connectivity index (χ4n) is 4.99. The van der Waals surface area contributed by atoms with E-state index in [2.05, 4.69) is 15.6 Å². The number of pyridine rings is 1. The summed E-state index contributed by atoms with van der Waals surface area (Å²) in [4.78, 5) is 25.7. The molecule has 2 atom stereocenters. The highest BCUT2D eigenvalue weighted by Gasteiger charge is 2.17. The Morgan fingerprint density at radius 3 is 2.27 bits per heavy atom. The molecule has 0 spiro atoms. The van der Waals surface area contributed by atoms with Crippen LogP contribution in [0.4, 0.5) is 4.79 Å². The molecular weight excluding hydrogens is 562 g/mol. The number of aliphatic hydroxyl groups excluding tert-OH is 1. The molecule has 5 aromatic rings. The van der Waals surface area contributed by atoms with Crippen LogP contribution >= 0.6 is 0 Å². The molecular formula is C34H33N3O7. The number of aromatic hydroxyl groups is 1. The molecule has 6 N–H and O–H groups in total. The lowest BCUT2D eigenvalue weighted by molar-refractivity contribution is 0.176. The minimum absolute atomic E-state index is 0.0536. The minimum Gasteiger partial charge on any atom is -0.506 e. The SMILES string of the molecule is O=C(O)NC(c1ccccc1)c1cccc(OCCOc2cccc(CNC[C@@H](O)c3ccc(O)c4[nH]c(=O)ccc34)c2)c1. The predicted octanol–water partition coefficient (Wildman–Crippen LogP) is 4.87. The molecule has 0 saturated heterocycles. The summed E-state index contributed by atoms with van der Waals surface area (Å²) in [5.41, 5.74) is 3.10. The van der Waals surface area contributed by atoms with Gasteiger partial charge in [-0.05, 0) is 58.7 Å². The van der Waals surface area contributed by atoms with Crippen molar-refractivity contribution in [2.45, 2.75) is 18.7 Å². The number of benzene rings is 4. The molecule has 0 aliphatic heterocycles. The van der Waals surface area contributed by atoms with Gasteiger partial charge in [0.2, 0.25) is 5.56 Å². The van der Waals surface area contributed by atoms with Gasteiger partial charge in [-0.25, -0.2) is 4.79 Å². The van der Waals surface area contributed by atoms with E-state index in [1.54, 1.807) is 12.1 Å². The Labute approximate surface area is 253 Å². The van der Waals surface area contributed by atoms with Crippen LogP contribution in [0.3, 0.4) is 0 Å². The van der Waals surface area contributed by atoms with E-state index in [0.29, 0.717) is 41.1 Å². The molecule has 1 heterocycles. The summed E-state index contributed by atoms with van der Waals surface area (Å²) in [6.45, 7) is 1.32. The molecule has 0 radical (unpaired) electrons. The summed E-state index contributed by atoms with van der Waals surface area (Å²) in [5, 5.41) is 36.6. The number of nitrogens with one attached hydrogen (secondary N) is 3. The molecule has 44 heavy (non-hydrogen) atoms. The standard InChI is InChI=1S/C34H33N3O7/c38-29-14-12-27(28-13-15-31(40)36-33(28)29)30(39)21-35-20-22-6-4-10-25(18-22)43-16-17-44-26-11-5-9-24(19-26)32(37-34(41)42)23-7-2-1-3-8-23/h1-15,18-19,30,32,35,37-39H,16-17,20-21H2,(H,36,40)(H,41,42)/t30-,32?/m1/s1.